The van der Waals surface area contributed by atoms with E-state index in [0.717, 1.165) is 22.2 Å². The van der Waals surface area contributed by atoms with Crippen LogP contribution in [0, 0.1) is 0 Å². The zero-order chi connectivity index (χ0) is 35.6. The van der Waals surface area contributed by atoms with Gasteiger partial charge in [-0.05, 0) is 66.6 Å². The second-order valence-electron chi connectivity index (χ2n) is 12.1. The first-order chi connectivity index (χ1) is 23.5. The van der Waals surface area contributed by atoms with Gasteiger partial charge < -0.3 is 4.18 Å². The molecular weight excluding hydrogens is 695 g/mol. The van der Waals surface area contributed by atoms with Crippen molar-refractivity contribution in [3.05, 3.63) is 138 Å². The van der Waals surface area contributed by atoms with Crippen LogP contribution in [0.2, 0.25) is 0 Å². The molecule has 0 atom stereocenters. The maximum atomic E-state index is 15.1. The molecule has 6 aromatic rings. The third-order valence-electron chi connectivity index (χ3n) is 9.57. The van der Waals surface area contributed by atoms with E-state index in [1.807, 2.05) is 36.4 Å². The highest BCUT2D eigenvalue weighted by Gasteiger charge is 2.86. The van der Waals surface area contributed by atoms with Gasteiger partial charge in [0.25, 0.3) is 0 Å². The summed E-state index contributed by atoms with van der Waals surface area (Å²) in [6, 6.07) is 32.2. The van der Waals surface area contributed by atoms with Crippen molar-refractivity contribution in [3.63, 3.8) is 0 Å². The van der Waals surface area contributed by atoms with Crippen molar-refractivity contribution >= 4 is 31.7 Å². The average molecular weight is 715 g/mol. The number of halogens is 9. The molecule has 2 aliphatic rings. The lowest BCUT2D eigenvalue weighted by molar-refractivity contribution is -0.382. The number of benzene rings is 6. The average Bonchev–Trinajstić information content (AvgIpc) is 3.55. The summed E-state index contributed by atoms with van der Waals surface area (Å²) in [5, 5.41) is -4.03. The van der Waals surface area contributed by atoms with Crippen molar-refractivity contribution in [3.8, 4) is 28.0 Å². The molecule has 0 bridgehead atoms. The Morgan fingerprint density at radius 2 is 1.06 bits per heavy atom. The third-order valence-corrected chi connectivity index (χ3v) is 10.8. The molecule has 0 aromatic heterocycles. The summed E-state index contributed by atoms with van der Waals surface area (Å²) in [7, 11) is -7.26. The predicted molar refractivity (Wildman–Crippen MR) is 168 cm³/mol. The molecule has 254 valence electrons. The Bertz CT molecular complexity index is 2480. The van der Waals surface area contributed by atoms with Crippen LogP contribution in [0.15, 0.2) is 115 Å². The zero-order valence-corrected chi connectivity index (χ0v) is 25.8. The van der Waals surface area contributed by atoms with Gasteiger partial charge in [-0.2, -0.15) is 47.9 Å². The SMILES string of the molecule is O=S(=O)(Oc1cccc2c1C1(c3ccccc3-c3ccccc31)c1ccc3ccc4ccccc4c3c1-2)C(F)(F)C(F)(F)C(F)(F)C(F)(F)F. The van der Waals surface area contributed by atoms with Crippen LogP contribution < -0.4 is 4.18 Å². The Labute approximate surface area is 277 Å². The topological polar surface area (TPSA) is 43.4 Å². The first-order valence-electron chi connectivity index (χ1n) is 14.9. The third kappa shape index (κ3) is 3.81. The van der Waals surface area contributed by atoms with Gasteiger partial charge in [-0.25, -0.2) is 0 Å². The van der Waals surface area contributed by atoms with Crippen LogP contribution in [0.5, 0.6) is 5.75 Å². The lowest BCUT2D eigenvalue weighted by Crippen LogP contribution is -2.63. The zero-order valence-electron chi connectivity index (χ0n) is 25.0. The first kappa shape index (κ1) is 32.2. The number of rotatable bonds is 5. The molecule has 1 spiro atoms. The minimum atomic E-state index is -7.46. The molecular formula is C37H19F9O3S. The highest BCUT2D eigenvalue weighted by Crippen LogP contribution is 2.66. The lowest BCUT2D eigenvalue weighted by Gasteiger charge is -2.34. The van der Waals surface area contributed by atoms with E-state index in [0.29, 0.717) is 38.8 Å². The number of fused-ring (bicyclic) bond motifs is 14. The van der Waals surface area contributed by atoms with Crippen molar-refractivity contribution in [2.75, 3.05) is 0 Å². The van der Waals surface area contributed by atoms with Crippen molar-refractivity contribution < 1.29 is 52.1 Å². The second-order valence-corrected chi connectivity index (χ2v) is 13.7. The van der Waals surface area contributed by atoms with Crippen molar-refractivity contribution in [1.82, 2.24) is 0 Å². The fourth-order valence-electron chi connectivity index (χ4n) is 7.50. The Hall–Kier alpha value is -5.04. The van der Waals surface area contributed by atoms with Gasteiger partial charge in [0.2, 0.25) is 0 Å². The second kappa shape index (κ2) is 10.0. The molecule has 3 nitrogen and oxygen atoms in total. The van der Waals surface area contributed by atoms with Gasteiger partial charge in [-0.15, -0.1) is 0 Å². The molecule has 6 aromatic carbocycles. The molecule has 0 fully saturated rings. The summed E-state index contributed by atoms with van der Waals surface area (Å²) in [6.07, 6.45) is -7.23. The van der Waals surface area contributed by atoms with Crippen LogP contribution in [0.4, 0.5) is 39.5 Å². The summed E-state index contributed by atoms with van der Waals surface area (Å²) in [5.74, 6) is -15.9. The molecule has 0 saturated heterocycles. The molecule has 0 saturated carbocycles. The number of hydrogen-bond acceptors (Lipinski definition) is 3. The van der Waals surface area contributed by atoms with Crippen LogP contribution in [0.1, 0.15) is 22.3 Å². The molecule has 8 rings (SSSR count). The normalized spacial score (nSPS) is 15.2. The van der Waals surface area contributed by atoms with E-state index in [2.05, 4.69) is 0 Å². The molecule has 2 aliphatic carbocycles. The van der Waals surface area contributed by atoms with Gasteiger partial charge >= 0.3 is 33.4 Å². The van der Waals surface area contributed by atoms with Gasteiger partial charge in [0.1, 0.15) is 5.75 Å². The summed E-state index contributed by atoms with van der Waals surface area (Å²) in [5.41, 5.74) is 2.09. The van der Waals surface area contributed by atoms with Gasteiger partial charge in [0.15, 0.2) is 0 Å². The fraction of sp³-hybridized carbons (Fsp3) is 0.135. The monoisotopic (exact) mass is 714 g/mol. The summed E-state index contributed by atoms with van der Waals surface area (Å²) in [6.45, 7) is 0. The van der Waals surface area contributed by atoms with E-state index in [4.69, 9.17) is 4.18 Å². The Morgan fingerprint density at radius 1 is 0.520 bits per heavy atom. The van der Waals surface area contributed by atoms with Crippen LogP contribution >= 0.6 is 0 Å². The van der Waals surface area contributed by atoms with Crippen LogP contribution in [0.25, 0.3) is 43.8 Å². The lowest BCUT2D eigenvalue weighted by atomic mass is 9.70. The van der Waals surface area contributed by atoms with Crippen LogP contribution in [0.3, 0.4) is 0 Å². The van der Waals surface area contributed by atoms with Crippen molar-refractivity contribution in [2.45, 2.75) is 28.7 Å². The molecule has 0 unspecified atom stereocenters. The standard InChI is InChI=1S/C37H19F9O3S/c38-34(39,36(42,43)44)35(40,41)37(45,46)50(47,48)49-29-15-7-12-25-31-28(19-18-21-17-16-20-8-1-2-9-22(20)30(21)31)33(32(25)29)26-13-5-3-10-23(26)24-11-4-6-14-27(24)33/h1-19H. The van der Waals surface area contributed by atoms with Gasteiger partial charge in [0.05, 0.1) is 5.41 Å². The molecule has 0 N–H and O–H groups in total. The van der Waals surface area contributed by atoms with Gasteiger partial charge in [0, 0.05) is 5.56 Å². The molecule has 50 heavy (non-hydrogen) atoms. The van der Waals surface area contributed by atoms with E-state index in [-0.39, 0.29) is 11.1 Å². The van der Waals surface area contributed by atoms with Crippen LogP contribution in [-0.2, 0) is 15.5 Å². The van der Waals surface area contributed by atoms with E-state index in [9.17, 15) is 39.2 Å². The Morgan fingerprint density at radius 3 is 1.70 bits per heavy atom. The smallest absolute Gasteiger partial charge is 0.378 e. The van der Waals surface area contributed by atoms with E-state index < -0.39 is 44.6 Å². The maximum Gasteiger partial charge on any atom is 0.460 e. The van der Waals surface area contributed by atoms with Crippen LogP contribution in [-0.4, -0.2) is 31.7 Å². The molecule has 0 heterocycles. The molecule has 13 heteroatoms. The highest BCUT2D eigenvalue weighted by molar-refractivity contribution is 7.88. The first-order valence-corrected chi connectivity index (χ1v) is 16.3. The number of alkyl halides is 9. The minimum Gasteiger partial charge on any atom is -0.378 e. The molecule has 0 aliphatic heterocycles. The largest absolute Gasteiger partial charge is 0.460 e. The Balaban J connectivity index is 1.46. The fourth-order valence-corrected chi connectivity index (χ4v) is 8.43. The highest BCUT2D eigenvalue weighted by atomic mass is 32.2. The quantitative estimate of drug-likeness (QED) is 0.101. The summed E-state index contributed by atoms with van der Waals surface area (Å²) in [4.78, 5) is 0. The summed E-state index contributed by atoms with van der Waals surface area (Å²) < 4.78 is 156. The van der Waals surface area contributed by atoms with E-state index >= 15 is 8.78 Å². The number of hydrogen-bond donors (Lipinski definition) is 0. The molecule has 0 radical (unpaired) electrons. The van der Waals surface area contributed by atoms with Crippen molar-refractivity contribution in [2.24, 2.45) is 0 Å². The Kier molecular flexibility index (Phi) is 6.45. The van der Waals surface area contributed by atoms with Crippen molar-refractivity contribution in [1.29, 1.82) is 0 Å². The predicted octanol–water partition coefficient (Wildman–Crippen LogP) is 10.5. The minimum absolute atomic E-state index is 0.0990. The summed E-state index contributed by atoms with van der Waals surface area (Å²) >= 11 is 0. The van der Waals surface area contributed by atoms with Gasteiger partial charge in [-0.1, -0.05) is 109 Å². The van der Waals surface area contributed by atoms with E-state index in [1.54, 1.807) is 66.7 Å². The van der Waals surface area contributed by atoms with Gasteiger partial charge in [-0.3, -0.25) is 0 Å². The maximum absolute atomic E-state index is 15.1. The van der Waals surface area contributed by atoms with E-state index in [1.165, 1.54) is 6.07 Å². The molecule has 0 amide bonds.